The molecule has 0 unspecified atom stereocenters. The van der Waals surface area contributed by atoms with Crippen LogP contribution in [0.5, 0.6) is 0 Å². The van der Waals surface area contributed by atoms with Crippen molar-refractivity contribution in [3.8, 4) is 0 Å². The number of nitrogens with zero attached hydrogens (tertiary/aromatic N) is 2. The number of carbonyl (C=O) groups is 2. The summed E-state index contributed by atoms with van der Waals surface area (Å²) < 4.78 is 8.83. The van der Waals surface area contributed by atoms with E-state index in [1.165, 1.54) is 0 Å². The Morgan fingerprint density at radius 2 is 1.94 bits per heavy atom. The molecule has 1 aliphatic rings. The molecular weight excluding hydrogens is 495 g/mol. The second-order valence-corrected chi connectivity index (χ2v) is 11.8. The van der Waals surface area contributed by atoms with Crippen LogP contribution in [0, 0.1) is 0 Å². The summed E-state index contributed by atoms with van der Waals surface area (Å²) in [4.78, 5) is 26.4. The van der Waals surface area contributed by atoms with Crippen LogP contribution in [0.2, 0.25) is 5.02 Å². The quantitative estimate of drug-likeness (QED) is 0.347. The highest BCUT2D eigenvalue weighted by atomic mass is 35.5. The molecule has 186 valence electrons. The summed E-state index contributed by atoms with van der Waals surface area (Å²) >= 11 is 8.18. The second-order valence-electron chi connectivity index (χ2n) is 10.5. The van der Waals surface area contributed by atoms with Gasteiger partial charge >= 0.3 is 12.1 Å². The molecule has 0 spiro atoms. The first-order valence-corrected chi connectivity index (χ1v) is 13.3. The van der Waals surface area contributed by atoms with Crippen LogP contribution < -0.4 is 10.4 Å². The van der Waals surface area contributed by atoms with Gasteiger partial charge in [-0.05, 0) is 68.3 Å². The van der Waals surface area contributed by atoms with Crippen LogP contribution in [0.4, 0.5) is 10.5 Å². The Hall–Kier alpha value is -2.97. The lowest BCUT2D eigenvalue weighted by molar-refractivity contribution is -0.136. The number of carboxylic acid groups (broad SMARTS) is 1. The van der Waals surface area contributed by atoms with Gasteiger partial charge in [0.25, 0.3) is 0 Å². The van der Waals surface area contributed by atoms with Crippen molar-refractivity contribution in [1.29, 1.82) is 0 Å². The fourth-order valence-corrected chi connectivity index (χ4v) is 5.89. The Kier molecular flexibility index (Phi) is 6.29. The number of ether oxygens (including phenoxy) is 1. The van der Waals surface area contributed by atoms with Crippen LogP contribution in [0.3, 0.4) is 0 Å². The number of benzene rings is 2. The number of amides is 1. The zero-order valence-corrected chi connectivity index (χ0v) is 22.4. The number of carboxylic acids is 1. The highest BCUT2D eigenvalue weighted by molar-refractivity contribution is 7.18. The van der Waals surface area contributed by atoms with Crippen LogP contribution >= 0.6 is 22.9 Å². The fourth-order valence-electron chi connectivity index (χ4n) is 4.62. The summed E-state index contributed by atoms with van der Waals surface area (Å²) in [5.74, 6) is -0.852. The Morgan fingerprint density at radius 3 is 2.61 bits per heavy atom. The minimum absolute atomic E-state index is 0.0286. The Bertz CT molecular complexity index is 1500. The zero-order chi connectivity index (χ0) is 25.8. The van der Waals surface area contributed by atoms with Crippen molar-refractivity contribution in [3.63, 3.8) is 0 Å². The lowest BCUT2D eigenvalue weighted by Gasteiger charge is -2.28. The third kappa shape index (κ3) is 4.97. The van der Waals surface area contributed by atoms with Gasteiger partial charge in [-0.1, -0.05) is 29.2 Å². The van der Waals surface area contributed by atoms with E-state index in [-0.39, 0.29) is 18.6 Å². The Labute approximate surface area is 219 Å². The molecule has 1 N–H and O–H groups in total. The molecule has 5 rings (SSSR count). The van der Waals surface area contributed by atoms with Crippen LogP contribution in [-0.2, 0) is 22.5 Å². The number of halogens is 1. The molecular formula is C27H28BClN2O4S. The molecule has 1 saturated carbocycles. The number of carbonyl (C=O) groups excluding carboxylic acids is 1. The maximum Gasteiger partial charge on any atom is 0.415 e. The van der Waals surface area contributed by atoms with Crippen molar-refractivity contribution in [2.75, 3.05) is 4.90 Å². The molecule has 0 bridgehead atoms. The van der Waals surface area contributed by atoms with Gasteiger partial charge in [-0.3, -0.25) is 9.69 Å². The molecule has 1 fully saturated rings. The van der Waals surface area contributed by atoms with Crippen molar-refractivity contribution >= 4 is 75.0 Å². The van der Waals surface area contributed by atoms with E-state index in [4.69, 9.17) is 16.3 Å². The van der Waals surface area contributed by atoms with Gasteiger partial charge in [0.1, 0.15) is 13.4 Å². The average Bonchev–Trinajstić information content (AvgIpc) is 3.43. The number of hydrogen-bond donors (Lipinski definition) is 1. The topological polar surface area (TPSA) is 71.8 Å². The van der Waals surface area contributed by atoms with Gasteiger partial charge in [0.15, 0.2) is 0 Å². The van der Waals surface area contributed by atoms with Gasteiger partial charge in [-0.15, -0.1) is 11.3 Å². The van der Waals surface area contributed by atoms with Crippen molar-refractivity contribution in [1.82, 2.24) is 4.57 Å². The first-order chi connectivity index (χ1) is 17.0. The highest BCUT2D eigenvalue weighted by Crippen LogP contribution is 2.42. The Morgan fingerprint density at radius 1 is 1.19 bits per heavy atom. The van der Waals surface area contributed by atoms with Gasteiger partial charge in [-0.2, -0.15) is 0 Å². The standard InChI is InChI=1S/C27H28BClN2O4S/c1-27(2,3)35-26(34)31(19-5-6-19)23-11-18(29)10-21-16(14-36-25(21)23)13-30-12-15(8-24(32)33)20-7-4-17(28)9-22(20)30/h4,7,9-12,14,19H,5-6,8,13,28H2,1-3H3,(H,32,33). The predicted octanol–water partition coefficient (Wildman–Crippen LogP) is 5.35. The molecule has 0 radical (unpaired) electrons. The van der Waals surface area contributed by atoms with Gasteiger partial charge in [0, 0.05) is 40.1 Å². The number of hydrogen-bond acceptors (Lipinski definition) is 4. The first-order valence-electron chi connectivity index (χ1n) is 12.0. The number of aliphatic carboxylic acids is 1. The van der Waals surface area contributed by atoms with Gasteiger partial charge in [0.2, 0.25) is 0 Å². The molecule has 2 heterocycles. The van der Waals surface area contributed by atoms with Gasteiger partial charge in [0.05, 0.1) is 16.8 Å². The summed E-state index contributed by atoms with van der Waals surface area (Å²) in [6, 6.07) is 10.0. The van der Waals surface area contributed by atoms with E-state index in [0.29, 0.717) is 11.6 Å². The number of aromatic nitrogens is 1. The number of fused-ring (bicyclic) bond motifs is 2. The third-order valence-electron chi connectivity index (χ3n) is 6.26. The van der Waals surface area contributed by atoms with E-state index in [1.807, 2.05) is 59.1 Å². The van der Waals surface area contributed by atoms with Crippen molar-refractivity contribution in [2.45, 2.75) is 58.2 Å². The molecule has 9 heteroatoms. The summed E-state index contributed by atoms with van der Waals surface area (Å²) in [5.41, 5.74) is 4.16. The van der Waals surface area contributed by atoms with E-state index in [9.17, 15) is 14.7 Å². The monoisotopic (exact) mass is 522 g/mol. The smallest absolute Gasteiger partial charge is 0.415 e. The van der Waals surface area contributed by atoms with E-state index in [1.54, 1.807) is 16.2 Å². The second kappa shape index (κ2) is 9.16. The highest BCUT2D eigenvalue weighted by Gasteiger charge is 2.37. The Balaban J connectivity index is 1.57. The number of rotatable bonds is 6. The molecule has 6 nitrogen and oxygen atoms in total. The minimum Gasteiger partial charge on any atom is -0.481 e. The normalized spacial score (nSPS) is 13.9. The number of anilines is 1. The van der Waals surface area contributed by atoms with E-state index in [0.717, 1.165) is 56.1 Å². The molecule has 0 atom stereocenters. The molecule has 1 amide bonds. The summed E-state index contributed by atoms with van der Waals surface area (Å²) in [7, 11) is 2.03. The van der Waals surface area contributed by atoms with Gasteiger partial charge in [-0.25, -0.2) is 4.79 Å². The fraction of sp³-hybridized carbons (Fsp3) is 0.333. The van der Waals surface area contributed by atoms with Crippen molar-refractivity contribution < 1.29 is 19.4 Å². The first kappa shape index (κ1) is 24.7. The maximum absolute atomic E-state index is 13.2. The van der Waals surface area contributed by atoms with Crippen LogP contribution in [0.15, 0.2) is 41.9 Å². The number of thiophene rings is 1. The van der Waals surface area contributed by atoms with Crippen molar-refractivity contribution in [2.24, 2.45) is 0 Å². The lowest BCUT2D eigenvalue weighted by atomic mass is 9.94. The molecule has 4 aromatic rings. The van der Waals surface area contributed by atoms with E-state index < -0.39 is 11.6 Å². The van der Waals surface area contributed by atoms with Crippen LogP contribution in [0.1, 0.15) is 44.7 Å². The molecule has 1 aliphatic carbocycles. The van der Waals surface area contributed by atoms with Crippen molar-refractivity contribution in [3.05, 3.63) is 58.1 Å². The maximum atomic E-state index is 13.2. The zero-order valence-electron chi connectivity index (χ0n) is 20.8. The molecule has 36 heavy (non-hydrogen) atoms. The molecule has 0 saturated heterocycles. The molecule has 0 aliphatic heterocycles. The SMILES string of the molecule is Bc1ccc2c(CC(=O)O)cn(Cc3csc4c(N(C(=O)OC(C)(C)C)C5CC5)cc(Cl)cc34)c2c1. The third-order valence-corrected chi connectivity index (χ3v) is 7.55. The van der Waals surface area contributed by atoms with Crippen LogP contribution in [0.25, 0.3) is 21.0 Å². The van der Waals surface area contributed by atoms with Gasteiger partial charge < -0.3 is 14.4 Å². The van der Waals surface area contributed by atoms with E-state index >= 15 is 0 Å². The largest absolute Gasteiger partial charge is 0.481 e. The molecule has 2 aromatic heterocycles. The lowest BCUT2D eigenvalue weighted by Crippen LogP contribution is -2.38. The average molecular weight is 523 g/mol. The van der Waals surface area contributed by atoms with E-state index in [2.05, 4.69) is 16.0 Å². The summed E-state index contributed by atoms with van der Waals surface area (Å²) in [5, 5.41) is 14.0. The summed E-state index contributed by atoms with van der Waals surface area (Å²) in [6.07, 6.45) is 3.43. The summed E-state index contributed by atoms with van der Waals surface area (Å²) in [6.45, 7) is 6.17. The predicted molar refractivity (Wildman–Crippen MR) is 149 cm³/mol. The minimum atomic E-state index is -0.852. The molecule has 2 aromatic carbocycles. The van der Waals surface area contributed by atoms with Crippen LogP contribution in [-0.4, -0.2) is 41.2 Å².